The van der Waals surface area contributed by atoms with Crippen molar-refractivity contribution in [3.8, 4) is 6.07 Å². The van der Waals surface area contributed by atoms with E-state index in [0.29, 0.717) is 17.8 Å². The van der Waals surface area contributed by atoms with E-state index in [4.69, 9.17) is 5.26 Å². The third kappa shape index (κ3) is 2.74. The maximum atomic E-state index is 13.9. The van der Waals surface area contributed by atoms with E-state index >= 15 is 0 Å². The Morgan fingerprint density at radius 2 is 2.00 bits per heavy atom. The van der Waals surface area contributed by atoms with Gasteiger partial charge in [0.2, 0.25) is 10.0 Å². The summed E-state index contributed by atoms with van der Waals surface area (Å²) in [6.45, 7) is 0. The fourth-order valence-corrected chi connectivity index (χ4v) is 6.88. The van der Waals surface area contributed by atoms with Crippen molar-refractivity contribution >= 4 is 10.0 Å². The first-order valence-electron chi connectivity index (χ1n) is 8.65. The van der Waals surface area contributed by atoms with Crippen LogP contribution in [0.5, 0.6) is 0 Å². The van der Waals surface area contributed by atoms with E-state index in [1.54, 1.807) is 0 Å². The molecule has 3 aliphatic rings. The summed E-state index contributed by atoms with van der Waals surface area (Å²) in [6, 6.07) is 5.75. The molecule has 0 aliphatic heterocycles. The Morgan fingerprint density at radius 3 is 2.79 bits per heavy atom. The van der Waals surface area contributed by atoms with Gasteiger partial charge in [0.05, 0.1) is 17.4 Å². The third-order valence-corrected chi connectivity index (χ3v) is 7.63. The predicted molar refractivity (Wildman–Crippen MR) is 87.7 cm³/mol. The molecule has 5 atom stereocenters. The van der Waals surface area contributed by atoms with Gasteiger partial charge in [-0.2, -0.15) is 5.26 Å². The monoisotopic (exact) mass is 348 g/mol. The second-order valence-corrected chi connectivity index (χ2v) is 9.31. The summed E-state index contributed by atoms with van der Waals surface area (Å²) in [5.41, 5.74) is 0.332. The Hall–Kier alpha value is -1.45. The van der Waals surface area contributed by atoms with Crippen molar-refractivity contribution < 1.29 is 12.8 Å². The molecule has 1 aromatic carbocycles. The number of rotatable bonds is 4. The smallest absolute Gasteiger partial charge is 0.212 e. The van der Waals surface area contributed by atoms with Crippen molar-refractivity contribution in [1.29, 1.82) is 5.26 Å². The highest BCUT2D eigenvalue weighted by Gasteiger charge is 2.54. The van der Waals surface area contributed by atoms with Gasteiger partial charge >= 0.3 is 0 Å². The number of nitrogens with zero attached hydrogens (tertiary/aromatic N) is 1. The van der Waals surface area contributed by atoms with Crippen molar-refractivity contribution in [3.63, 3.8) is 0 Å². The number of hydrogen-bond donors (Lipinski definition) is 1. The molecular weight excluding hydrogens is 327 g/mol. The summed E-state index contributed by atoms with van der Waals surface area (Å²) in [5.74, 6) is 1.61. The summed E-state index contributed by atoms with van der Waals surface area (Å²) < 4.78 is 41.7. The molecule has 0 radical (unpaired) electrons. The van der Waals surface area contributed by atoms with Crippen molar-refractivity contribution in [2.24, 2.45) is 23.7 Å². The summed E-state index contributed by atoms with van der Waals surface area (Å²) in [4.78, 5) is 0. The Morgan fingerprint density at radius 1 is 1.21 bits per heavy atom. The van der Waals surface area contributed by atoms with Crippen LogP contribution in [0.25, 0.3) is 0 Å². The van der Waals surface area contributed by atoms with Crippen LogP contribution in [0.15, 0.2) is 18.2 Å². The average Bonchev–Trinajstić information content (AvgIpc) is 3.21. The SMILES string of the molecule is N#Cc1ccc(F)c(CS(=O)(=O)NC2CC3CC2C2CCCC32)c1. The lowest BCUT2D eigenvalue weighted by atomic mass is 9.79. The quantitative estimate of drug-likeness (QED) is 0.909. The van der Waals surface area contributed by atoms with Gasteiger partial charge in [-0.05, 0) is 67.6 Å². The van der Waals surface area contributed by atoms with Gasteiger partial charge in [0.25, 0.3) is 0 Å². The number of benzene rings is 1. The Bertz CT molecular complexity index is 802. The highest BCUT2D eigenvalue weighted by molar-refractivity contribution is 7.88. The van der Waals surface area contributed by atoms with E-state index in [0.717, 1.165) is 24.8 Å². The van der Waals surface area contributed by atoms with Crippen LogP contribution in [0.1, 0.15) is 43.2 Å². The van der Waals surface area contributed by atoms with Gasteiger partial charge in [-0.25, -0.2) is 17.5 Å². The number of halogens is 1. The second kappa shape index (κ2) is 5.82. The fraction of sp³-hybridized carbons (Fsp3) is 0.611. The number of sulfonamides is 1. The Balaban J connectivity index is 1.48. The zero-order valence-electron chi connectivity index (χ0n) is 13.4. The molecule has 6 heteroatoms. The normalized spacial score (nSPS) is 34.2. The highest BCUT2D eigenvalue weighted by atomic mass is 32.2. The van der Waals surface area contributed by atoms with E-state index in [2.05, 4.69) is 4.72 Å². The molecule has 4 rings (SSSR count). The van der Waals surface area contributed by atoms with Crippen LogP contribution >= 0.6 is 0 Å². The molecule has 3 aliphatic carbocycles. The van der Waals surface area contributed by atoms with E-state index in [-0.39, 0.29) is 17.2 Å². The molecule has 3 fully saturated rings. The average molecular weight is 348 g/mol. The molecule has 128 valence electrons. The van der Waals surface area contributed by atoms with Crippen LogP contribution in [0.2, 0.25) is 0 Å². The van der Waals surface area contributed by atoms with Crippen molar-refractivity contribution in [3.05, 3.63) is 35.1 Å². The van der Waals surface area contributed by atoms with E-state index < -0.39 is 21.6 Å². The van der Waals surface area contributed by atoms with Crippen LogP contribution in [0.3, 0.4) is 0 Å². The molecule has 0 aromatic heterocycles. The summed E-state index contributed by atoms with van der Waals surface area (Å²) >= 11 is 0. The van der Waals surface area contributed by atoms with Crippen LogP contribution in [-0.4, -0.2) is 14.5 Å². The van der Waals surface area contributed by atoms with Gasteiger partial charge in [-0.3, -0.25) is 0 Å². The Kier molecular flexibility index (Phi) is 3.89. The van der Waals surface area contributed by atoms with Gasteiger partial charge < -0.3 is 0 Å². The van der Waals surface area contributed by atoms with Gasteiger partial charge in [-0.15, -0.1) is 0 Å². The molecule has 24 heavy (non-hydrogen) atoms. The lowest BCUT2D eigenvalue weighted by molar-refractivity contribution is 0.224. The van der Waals surface area contributed by atoms with Crippen molar-refractivity contribution in [1.82, 2.24) is 4.72 Å². The second-order valence-electron chi connectivity index (χ2n) is 7.56. The van der Waals surface area contributed by atoms with Gasteiger partial charge in [0.1, 0.15) is 5.82 Å². The summed E-state index contributed by atoms with van der Waals surface area (Å²) in [5, 5.41) is 8.90. The lowest BCUT2D eigenvalue weighted by Gasteiger charge is -2.31. The molecular formula is C18H21FN2O2S. The molecule has 3 saturated carbocycles. The van der Waals surface area contributed by atoms with Crippen LogP contribution in [0.4, 0.5) is 4.39 Å². The highest BCUT2D eigenvalue weighted by Crippen LogP contribution is 2.58. The first-order chi connectivity index (χ1) is 11.5. The first-order valence-corrected chi connectivity index (χ1v) is 10.3. The molecule has 1 N–H and O–H groups in total. The largest absolute Gasteiger partial charge is 0.216 e. The molecule has 5 unspecified atom stereocenters. The topological polar surface area (TPSA) is 70.0 Å². The molecule has 4 nitrogen and oxygen atoms in total. The maximum Gasteiger partial charge on any atom is 0.216 e. The maximum absolute atomic E-state index is 13.9. The number of nitrogens with one attached hydrogen (secondary N) is 1. The van der Waals surface area contributed by atoms with Crippen LogP contribution < -0.4 is 4.72 Å². The minimum atomic E-state index is -3.62. The van der Waals surface area contributed by atoms with Gasteiger partial charge in [0.15, 0.2) is 0 Å². The number of hydrogen-bond acceptors (Lipinski definition) is 3. The first kappa shape index (κ1) is 16.0. The zero-order chi connectivity index (χ0) is 16.9. The minimum Gasteiger partial charge on any atom is -0.212 e. The molecule has 0 spiro atoms. The van der Waals surface area contributed by atoms with E-state index in [1.165, 1.54) is 31.4 Å². The van der Waals surface area contributed by atoms with Gasteiger partial charge in [-0.1, -0.05) is 6.42 Å². The van der Waals surface area contributed by atoms with Crippen molar-refractivity contribution in [2.45, 2.75) is 43.9 Å². The zero-order valence-corrected chi connectivity index (χ0v) is 14.2. The summed E-state index contributed by atoms with van der Waals surface area (Å²) in [6.07, 6.45) is 5.86. The fourth-order valence-electron chi connectivity index (χ4n) is 5.44. The molecule has 1 aromatic rings. The van der Waals surface area contributed by atoms with Crippen LogP contribution in [-0.2, 0) is 15.8 Å². The third-order valence-electron chi connectivity index (χ3n) is 6.28. The summed E-state index contributed by atoms with van der Waals surface area (Å²) in [7, 11) is -3.62. The Labute approximate surface area is 142 Å². The lowest BCUT2D eigenvalue weighted by Crippen LogP contribution is -2.42. The minimum absolute atomic E-state index is 0.00145. The van der Waals surface area contributed by atoms with E-state index in [1.807, 2.05) is 6.07 Å². The number of fused-ring (bicyclic) bond motifs is 5. The molecule has 2 bridgehead atoms. The molecule has 0 saturated heterocycles. The molecule has 0 amide bonds. The molecule has 0 heterocycles. The number of nitriles is 1. The van der Waals surface area contributed by atoms with E-state index in [9.17, 15) is 12.8 Å². The van der Waals surface area contributed by atoms with Crippen molar-refractivity contribution in [2.75, 3.05) is 0 Å². The van der Waals surface area contributed by atoms with Crippen LogP contribution in [0, 0.1) is 40.8 Å². The van der Waals surface area contributed by atoms with Gasteiger partial charge in [0, 0.05) is 11.6 Å². The standard InChI is InChI=1S/C18H21FN2O2S/c19-17-5-4-11(9-20)6-13(17)10-24(22,23)21-18-8-12-7-16(18)15-3-1-2-14(12)15/h4-6,12,14-16,18,21H,1-3,7-8,10H2. The predicted octanol–water partition coefficient (Wildman–Crippen LogP) is 2.94.